The smallest absolute Gasteiger partial charge is 0.335 e. The first-order valence-corrected chi connectivity index (χ1v) is 12.0. The van der Waals surface area contributed by atoms with Gasteiger partial charge in [-0.2, -0.15) is 0 Å². The van der Waals surface area contributed by atoms with Crippen molar-refractivity contribution in [3.05, 3.63) is 59.1 Å². The second-order valence-corrected chi connectivity index (χ2v) is 9.24. The van der Waals surface area contributed by atoms with E-state index in [0.29, 0.717) is 17.4 Å². The number of ketones is 1. The molecule has 0 aliphatic carbocycles. The maximum atomic E-state index is 12.9. The van der Waals surface area contributed by atoms with E-state index in [9.17, 15) is 9.59 Å². The van der Waals surface area contributed by atoms with Gasteiger partial charge in [-0.05, 0) is 88.1 Å². The summed E-state index contributed by atoms with van der Waals surface area (Å²) < 4.78 is 6.77. The standard InChI is InChI=1S/C25H28N2O4S/c28-23(24-26-21-6-2-3-7-22(21)32-24)18-12-15-27(16-13-18)14-4-1-5-17-31-20-10-8-19(9-11-20)25(29)30/h2-3,6-11,18H,1,4-5,12-17H2,(H,29,30). The van der Waals surface area contributed by atoms with Crippen LogP contribution in [-0.2, 0) is 0 Å². The van der Waals surface area contributed by atoms with Crippen molar-refractivity contribution in [2.45, 2.75) is 32.1 Å². The molecule has 1 aliphatic heterocycles. The highest BCUT2D eigenvalue weighted by atomic mass is 32.1. The molecule has 7 heteroatoms. The average molecular weight is 453 g/mol. The molecule has 32 heavy (non-hydrogen) atoms. The lowest BCUT2D eigenvalue weighted by atomic mass is 9.92. The number of carboxylic acids is 1. The van der Waals surface area contributed by atoms with Crippen LogP contribution in [0.5, 0.6) is 5.75 Å². The number of aromatic carboxylic acids is 1. The highest BCUT2D eigenvalue weighted by Gasteiger charge is 2.27. The number of ether oxygens (including phenoxy) is 1. The van der Waals surface area contributed by atoms with Crippen molar-refractivity contribution in [2.24, 2.45) is 5.92 Å². The Hall–Kier alpha value is -2.77. The van der Waals surface area contributed by atoms with Gasteiger partial charge in [-0.15, -0.1) is 11.3 Å². The van der Waals surface area contributed by atoms with E-state index in [1.54, 1.807) is 24.3 Å². The van der Waals surface area contributed by atoms with Crippen LogP contribution in [0.1, 0.15) is 52.3 Å². The van der Waals surface area contributed by atoms with Crippen LogP contribution in [0.2, 0.25) is 0 Å². The molecule has 0 radical (unpaired) electrons. The third-order valence-electron chi connectivity index (χ3n) is 5.95. The minimum atomic E-state index is -0.929. The van der Waals surface area contributed by atoms with Gasteiger partial charge in [-0.1, -0.05) is 12.1 Å². The molecule has 4 rings (SSSR count). The third kappa shape index (κ3) is 5.72. The van der Waals surface area contributed by atoms with Gasteiger partial charge in [0.1, 0.15) is 5.75 Å². The van der Waals surface area contributed by atoms with Crippen molar-refractivity contribution >= 4 is 33.3 Å². The first-order chi connectivity index (χ1) is 15.6. The summed E-state index contributed by atoms with van der Waals surface area (Å²) in [4.78, 5) is 30.7. The van der Waals surface area contributed by atoms with Crippen molar-refractivity contribution in [3.8, 4) is 5.75 Å². The molecule has 0 spiro atoms. The number of carbonyl (C=O) groups excluding carboxylic acids is 1. The fourth-order valence-corrected chi connectivity index (χ4v) is 5.05. The number of carboxylic acid groups (broad SMARTS) is 1. The summed E-state index contributed by atoms with van der Waals surface area (Å²) in [6, 6.07) is 14.4. The van der Waals surface area contributed by atoms with E-state index in [1.807, 2.05) is 24.3 Å². The number of hydrogen-bond acceptors (Lipinski definition) is 6. The summed E-state index contributed by atoms with van der Waals surface area (Å²) >= 11 is 1.51. The van der Waals surface area contributed by atoms with Crippen LogP contribution in [0.4, 0.5) is 0 Å². The molecular formula is C25H28N2O4S. The number of nitrogens with zero attached hydrogens (tertiary/aromatic N) is 2. The maximum absolute atomic E-state index is 12.9. The largest absolute Gasteiger partial charge is 0.494 e. The van der Waals surface area contributed by atoms with Crippen LogP contribution in [0.25, 0.3) is 10.2 Å². The van der Waals surface area contributed by atoms with E-state index in [2.05, 4.69) is 9.88 Å². The van der Waals surface area contributed by atoms with Crippen LogP contribution >= 0.6 is 11.3 Å². The molecule has 168 valence electrons. The number of aromatic nitrogens is 1. The van der Waals surface area contributed by atoms with E-state index in [-0.39, 0.29) is 17.3 Å². The molecule has 0 amide bonds. The Bertz CT molecular complexity index is 1020. The number of fused-ring (bicyclic) bond motifs is 1. The first kappa shape index (κ1) is 22.4. The second kappa shape index (κ2) is 10.7. The van der Waals surface area contributed by atoms with Crippen LogP contribution in [0.3, 0.4) is 0 Å². The summed E-state index contributed by atoms with van der Waals surface area (Å²) in [6.07, 6.45) is 4.97. The van der Waals surface area contributed by atoms with Crippen LogP contribution < -0.4 is 4.74 Å². The summed E-state index contributed by atoms with van der Waals surface area (Å²) in [5, 5.41) is 9.57. The van der Waals surface area contributed by atoms with Gasteiger partial charge in [0.05, 0.1) is 22.4 Å². The lowest BCUT2D eigenvalue weighted by Crippen LogP contribution is -2.36. The minimum Gasteiger partial charge on any atom is -0.494 e. The molecule has 1 N–H and O–H groups in total. The summed E-state index contributed by atoms with van der Waals surface area (Å²) in [5.41, 5.74) is 1.18. The van der Waals surface area contributed by atoms with Crippen molar-refractivity contribution in [1.29, 1.82) is 0 Å². The van der Waals surface area contributed by atoms with Gasteiger partial charge in [-0.3, -0.25) is 4.79 Å². The van der Waals surface area contributed by atoms with Gasteiger partial charge in [0.25, 0.3) is 0 Å². The average Bonchev–Trinajstić information content (AvgIpc) is 3.26. The Morgan fingerprint density at radius 3 is 2.50 bits per heavy atom. The number of carbonyl (C=O) groups is 2. The zero-order valence-electron chi connectivity index (χ0n) is 18.0. The van der Waals surface area contributed by atoms with Crippen molar-refractivity contribution in [1.82, 2.24) is 9.88 Å². The highest BCUT2D eigenvalue weighted by Crippen LogP contribution is 2.27. The second-order valence-electron chi connectivity index (χ2n) is 8.21. The minimum absolute atomic E-state index is 0.0905. The molecule has 1 saturated heterocycles. The van der Waals surface area contributed by atoms with Gasteiger partial charge in [0.2, 0.25) is 0 Å². The summed E-state index contributed by atoms with van der Waals surface area (Å²) in [7, 11) is 0. The highest BCUT2D eigenvalue weighted by molar-refractivity contribution is 7.20. The topological polar surface area (TPSA) is 79.7 Å². The molecule has 2 heterocycles. The Balaban J connectivity index is 1.11. The van der Waals surface area contributed by atoms with Gasteiger partial charge in [0, 0.05) is 5.92 Å². The molecule has 3 aromatic rings. The predicted molar refractivity (Wildman–Crippen MR) is 126 cm³/mol. The number of unbranched alkanes of at least 4 members (excludes halogenated alkanes) is 2. The Morgan fingerprint density at radius 2 is 1.78 bits per heavy atom. The zero-order chi connectivity index (χ0) is 22.3. The van der Waals surface area contributed by atoms with Gasteiger partial charge in [0.15, 0.2) is 10.8 Å². The van der Waals surface area contributed by atoms with Crippen LogP contribution in [-0.4, -0.2) is 53.0 Å². The zero-order valence-corrected chi connectivity index (χ0v) is 18.9. The molecule has 0 unspecified atom stereocenters. The summed E-state index contributed by atoms with van der Waals surface area (Å²) in [5.74, 6) is 0.0729. The van der Waals surface area contributed by atoms with Gasteiger partial charge < -0.3 is 14.7 Å². The number of thiazole rings is 1. The molecule has 0 saturated carbocycles. The van der Waals surface area contributed by atoms with Crippen molar-refractivity contribution < 1.29 is 19.4 Å². The number of likely N-dealkylation sites (tertiary alicyclic amines) is 1. The number of piperidine rings is 1. The number of rotatable bonds is 10. The SMILES string of the molecule is O=C(O)c1ccc(OCCCCCN2CCC(C(=O)c3nc4ccccc4s3)CC2)cc1. The maximum Gasteiger partial charge on any atom is 0.335 e. The van der Waals surface area contributed by atoms with E-state index in [0.717, 1.165) is 62.0 Å². The quantitative estimate of drug-likeness (QED) is 0.339. The van der Waals surface area contributed by atoms with E-state index >= 15 is 0 Å². The van der Waals surface area contributed by atoms with Crippen molar-refractivity contribution in [2.75, 3.05) is 26.2 Å². The third-order valence-corrected chi connectivity index (χ3v) is 7.00. The lowest BCUT2D eigenvalue weighted by Gasteiger charge is -2.30. The van der Waals surface area contributed by atoms with Gasteiger partial charge >= 0.3 is 5.97 Å². The lowest BCUT2D eigenvalue weighted by molar-refractivity contribution is 0.0696. The molecular weight excluding hydrogens is 424 g/mol. The molecule has 0 atom stereocenters. The Morgan fingerprint density at radius 1 is 1.03 bits per heavy atom. The Labute approximate surface area is 191 Å². The fraction of sp³-hybridized carbons (Fsp3) is 0.400. The number of hydrogen-bond donors (Lipinski definition) is 1. The molecule has 1 aromatic heterocycles. The first-order valence-electron chi connectivity index (χ1n) is 11.2. The predicted octanol–water partition coefficient (Wildman–Crippen LogP) is 5.14. The van der Waals surface area contributed by atoms with Crippen LogP contribution in [0.15, 0.2) is 48.5 Å². The van der Waals surface area contributed by atoms with Crippen molar-refractivity contribution in [3.63, 3.8) is 0 Å². The number of Topliss-reactive ketones (excluding diaryl/α,β-unsaturated/α-hetero) is 1. The number of para-hydroxylation sites is 1. The normalized spacial score (nSPS) is 15.1. The molecule has 0 bridgehead atoms. The molecule has 2 aromatic carbocycles. The molecule has 1 aliphatic rings. The van der Waals surface area contributed by atoms with Crippen LogP contribution in [0, 0.1) is 5.92 Å². The van der Waals surface area contributed by atoms with E-state index in [4.69, 9.17) is 9.84 Å². The molecule has 1 fully saturated rings. The monoisotopic (exact) mass is 452 g/mol. The number of benzene rings is 2. The van der Waals surface area contributed by atoms with Gasteiger partial charge in [-0.25, -0.2) is 9.78 Å². The van der Waals surface area contributed by atoms with E-state index in [1.165, 1.54) is 11.3 Å². The Kier molecular flexibility index (Phi) is 7.50. The molecule has 6 nitrogen and oxygen atoms in total. The summed E-state index contributed by atoms with van der Waals surface area (Å²) in [6.45, 7) is 3.61. The van der Waals surface area contributed by atoms with E-state index < -0.39 is 5.97 Å². The fourth-order valence-electron chi connectivity index (χ4n) is 4.07.